The Morgan fingerprint density at radius 2 is 2.17 bits per heavy atom. The Balaban J connectivity index is 1.61. The van der Waals surface area contributed by atoms with Gasteiger partial charge in [-0.05, 0) is 42.4 Å². The molecular formula is C16H15NS. The van der Waals surface area contributed by atoms with Crippen molar-refractivity contribution in [2.45, 2.75) is 31.3 Å². The van der Waals surface area contributed by atoms with Crippen molar-refractivity contribution in [2.24, 2.45) is 5.41 Å². The van der Waals surface area contributed by atoms with Crippen molar-refractivity contribution < 1.29 is 0 Å². The monoisotopic (exact) mass is 253 g/mol. The standard InChI is InChI=1S/C16H15NS/c1-2-4-12-10(3-1)7-13(18-12)11-8-15-16(9-11)6-5-14(16)17-15/h1-4,7,9,14-15,17H,5-6,8H2. The molecule has 1 saturated carbocycles. The first-order valence-corrected chi connectivity index (χ1v) is 7.64. The van der Waals surface area contributed by atoms with Crippen LogP contribution in [0, 0.1) is 5.41 Å². The van der Waals surface area contributed by atoms with Gasteiger partial charge in [-0.2, -0.15) is 0 Å². The van der Waals surface area contributed by atoms with Gasteiger partial charge < -0.3 is 5.32 Å². The van der Waals surface area contributed by atoms with Gasteiger partial charge in [0.1, 0.15) is 0 Å². The van der Waals surface area contributed by atoms with Gasteiger partial charge in [-0.1, -0.05) is 24.3 Å². The lowest BCUT2D eigenvalue weighted by atomic mass is 9.55. The zero-order valence-electron chi connectivity index (χ0n) is 10.1. The lowest BCUT2D eigenvalue weighted by molar-refractivity contribution is -0.0228. The van der Waals surface area contributed by atoms with E-state index in [9.17, 15) is 0 Å². The first-order chi connectivity index (χ1) is 8.85. The average Bonchev–Trinajstić information content (AvgIpc) is 2.96. The molecule has 0 radical (unpaired) electrons. The number of rotatable bonds is 1. The van der Waals surface area contributed by atoms with E-state index in [0.29, 0.717) is 5.41 Å². The normalized spacial score (nSPS) is 36.6. The van der Waals surface area contributed by atoms with E-state index in [0.717, 1.165) is 12.1 Å². The Labute approximate surface area is 111 Å². The zero-order chi connectivity index (χ0) is 11.7. The number of hydrogen-bond acceptors (Lipinski definition) is 2. The van der Waals surface area contributed by atoms with Gasteiger partial charge in [0.25, 0.3) is 0 Å². The van der Waals surface area contributed by atoms with Crippen LogP contribution in [0.1, 0.15) is 24.1 Å². The second-order valence-electron chi connectivity index (χ2n) is 5.95. The van der Waals surface area contributed by atoms with Gasteiger partial charge >= 0.3 is 0 Å². The highest BCUT2D eigenvalue weighted by Gasteiger charge is 2.61. The Morgan fingerprint density at radius 3 is 2.89 bits per heavy atom. The van der Waals surface area contributed by atoms with E-state index >= 15 is 0 Å². The van der Waals surface area contributed by atoms with Crippen LogP contribution in [0.3, 0.4) is 0 Å². The Bertz CT molecular complexity index is 650. The van der Waals surface area contributed by atoms with Crippen molar-refractivity contribution in [1.82, 2.24) is 5.32 Å². The molecule has 2 fully saturated rings. The highest BCUT2D eigenvalue weighted by molar-refractivity contribution is 7.20. The van der Waals surface area contributed by atoms with E-state index in [4.69, 9.17) is 0 Å². The Morgan fingerprint density at radius 1 is 1.22 bits per heavy atom. The predicted molar refractivity (Wildman–Crippen MR) is 76.8 cm³/mol. The number of fused-ring (bicyclic) bond motifs is 1. The lowest BCUT2D eigenvalue weighted by Gasteiger charge is -2.61. The summed E-state index contributed by atoms with van der Waals surface area (Å²) in [6.07, 6.45) is 6.63. The number of nitrogens with one attached hydrogen (secondary N) is 1. The van der Waals surface area contributed by atoms with E-state index in [1.54, 1.807) is 5.57 Å². The van der Waals surface area contributed by atoms with Gasteiger partial charge in [-0.15, -0.1) is 11.3 Å². The molecule has 1 spiro atoms. The Kier molecular flexibility index (Phi) is 1.66. The second kappa shape index (κ2) is 3.06. The quantitative estimate of drug-likeness (QED) is 0.815. The number of piperidine rings is 1. The lowest BCUT2D eigenvalue weighted by Crippen LogP contribution is -2.73. The molecule has 3 unspecified atom stereocenters. The molecule has 2 heteroatoms. The highest BCUT2D eigenvalue weighted by atomic mass is 32.1. The highest BCUT2D eigenvalue weighted by Crippen LogP contribution is 2.60. The fourth-order valence-electron chi connectivity index (χ4n) is 4.02. The van der Waals surface area contributed by atoms with E-state index in [-0.39, 0.29) is 0 Å². The Hall–Kier alpha value is -1.12. The van der Waals surface area contributed by atoms with Crippen LogP contribution in [0.2, 0.25) is 0 Å². The fourth-order valence-corrected chi connectivity index (χ4v) is 5.10. The third-order valence-electron chi connectivity index (χ3n) is 5.17. The van der Waals surface area contributed by atoms with Crippen LogP contribution in [0.5, 0.6) is 0 Å². The molecule has 18 heavy (non-hydrogen) atoms. The van der Waals surface area contributed by atoms with Crippen molar-refractivity contribution in [3.63, 3.8) is 0 Å². The maximum atomic E-state index is 3.72. The summed E-state index contributed by atoms with van der Waals surface area (Å²) in [5.41, 5.74) is 2.15. The van der Waals surface area contributed by atoms with Gasteiger partial charge in [0.2, 0.25) is 0 Å². The molecule has 0 bridgehead atoms. The largest absolute Gasteiger partial charge is 0.309 e. The predicted octanol–water partition coefficient (Wildman–Crippen LogP) is 3.81. The fraction of sp³-hybridized carbons (Fsp3) is 0.375. The van der Waals surface area contributed by atoms with Crippen LogP contribution in [0.15, 0.2) is 36.4 Å². The SMILES string of the molecule is C1=C(c2cc3ccccc3s2)CC2NC3CCC132. The van der Waals surface area contributed by atoms with Crippen LogP contribution in [-0.2, 0) is 0 Å². The molecule has 90 valence electrons. The van der Waals surface area contributed by atoms with Crippen molar-refractivity contribution in [1.29, 1.82) is 0 Å². The molecular weight excluding hydrogens is 238 g/mol. The van der Waals surface area contributed by atoms with Crippen molar-refractivity contribution in [2.75, 3.05) is 0 Å². The molecule has 1 aromatic carbocycles. The van der Waals surface area contributed by atoms with Crippen molar-refractivity contribution >= 4 is 27.0 Å². The smallest absolute Gasteiger partial charge is 0.0349 e. The topological polar surface area (TPSA) is 12.0 Å². The second-order valence-corrected chi connectivity index (χ2v) is 7.03. The number of hydrogen-bond donors (Lipinski definition) is 1. The molecule has 1 aliphatic heterocycles. The molecule has 3 aliphatic rings. The third-order valence-corrected chi connectivity index (χ3v) is 6.37. The molecule has 1 aromatic heterocycles. The van der Waals surface area contributed by atoms with Gasteiger partial charge in [0.05, 0.1) is 0 Å². The van der Waals surface area contributed by atoms with Crippen LogP contribution in [0.25, 0.3) is 15.7 Å². The minimum Gasteiger partial charge on any atom is -0.309 e. The summed E-state index contributed by atoms with van der Waals surface area (Å²) in [4.78, 5) is 1.49. The summed E-state index contributed by atoms with van der Waals surface area (Å²) >= 11 is 1.95. The van der Waals surface area contributed by atoms with Gasteiger partial charge in [0.15, 0.2) is 0 Å². The van der Waals surface area contributed by atoms with Gasteiger partial charge in [-0.25, -0.2) is 0 Å². The van der Waals surface area contributed by atoms with Crippen molar-refractivity contribution in [3.05, 3.63) is 41.3 Å². The van der Waals surface area contributed by atoms with Crippen LogP contribution >= 0.6 is 11.3 Å². The van der Waals surface area contributed by atoms with Crippen LogP contribution in [0.4, 0.5) is 0 Å². The molecule has 1 N–H and O–H groups in total. The summed E-state index contributed by atoms with van der Waals surface area (Å²) in [6, 6.07) is 12.6. The maximum Gasteiger partial charge on any atom is 0.0349 e. The summed E-state index contributed by atoms with van der Waals surface area (Å²) < 4.78 is 1.42. The first kappa shape index (κ1) is 9.76. The van der Waals surface area contributed by atoms with Crippen LogP contribution in [-0.4, -0.2) is 12.1 Å². The van der Waals surface area contributed by atoms with Gasteiger partial charge in [-0.3, -0.25) is 0 Å². The number of benzene rings is 1. The third kappa shape index (κ3) is 1.03. The maximum absolute atomic E-state index is 3.72. The van der Waals surface area contributed by atoms with Crippen molar-refractivity contribution in [3.8, 4) is 0 Å². The molecule has 0 amide bonds. The van der Waals surface area contributed by atoms with E-state index < -0.39 is 0 Å². The zero-order valence-corrected chi connectivity index (χ0v) is 11.0. The first-order valence-electron chi connectivity index (χ1n) is 6.82. The average molecular weight is 253 g/mol. The molecule has 2 heterocycles. The molecule has 2 aliphatic carbocycles. The molecule has 3 atom stereocenters. The summed E-state index contributed by atoms with van der Waals surface area (Å²) in [5, 5.41) is 5.11. The minimum atomic E-state index is 0.561. The van der Waals surface area contributed by atoms with Crippen LogP contribution < -0.4 is 5.32 Å². The molecule has 1 nitrogen and oxygen atoms in total. The summed E-state index contributed by atoms with van der Waals surface area (Å²) in [7, 11) is 0. The van der Waals surface area contributed by atoms with E-state index in [2.05, 4.69) is 41.7 Å². The summed E-state index contributed by atoms with van der Waals surface area (Å²) in [5.74, 6) is 0. The van der Waals surface area contributed by atoms with E-state index in [1.165, 1.54) is 34.2 Å². The molecule has 5 rings (SSSR count). The molecule has 1 saturated heterocycles. The molecule has 2 aromatic rings. The minimum absolute atomic E-state index is 0.561. The summed E-state index contributed by atoms with van der Waals surface area (Å²) in [6.45, 7) is 0. The number of thiophene rings is 1. The van der Waals surface area contributed by atoms with E-state index in [1.807, 2.05) is 11.3 Å². The van der Waals surface area contributed by atoms with Gasteiger partial charge in [0, 0.05) is 27.1 Å².